The lowest BCUT2D eigenvalue weighted by Gasteiger charge is -2.38. The van der Waals surface area contributed by atoms with E-state index in [4.69, 9.17) is 4.74 Å². The minimum absolute atomic E-state index is 0.00708. The number of benzene rings is 2. The molecule has 1 aromatic heterocycles. The number of amides is 2. The number of hydrogen-bond donors (Lipinski definition) is 1. The number of allylic oxidation sites excluding steroid dienone is 1. The molecule has 0 bridgehead atoms. The van der Waals surface area contributed by atoms with Crippen molar-refractivity contribution >= 4 is 11.8 Å². The van der Waals surface area contributed by atoms with Crippen molar-refractivity contribution in [2.75, 3.05) is 33.3 Å². The Labute approximate surface area is 284 Å². The zero-order valence-electron chi connectivity index (χ0n) is 29.9. The summed E-state index contributed by atoms with van der Waals surface area (Å²) in [5.74, 6) is 0.622. The van der Waals surface area contributed by atoms with Gasteiger partial charge in [0.05, 0.1) is 31.8 Å². The van der Waals surface area contributed by atoms with Gasteiger partial charge in [-0.25, -0.2) is 0 Å². The molecular weight excluding hydrogens is 604 g/mol. The number of nitrogens with zero attached hydrogens (tertiary/aromatic N) is 4. The zero-order valence-corrected chi connectivity index (χ0v) is 29.9. The lowest BCUT2D eigenvalue weighted by molar-refractivity contribution is -0.137. The van der Waals surface area contributed by atoms with E-state index in [0.29, 0.717) is 43.1 Å². The van der Waals surface area contributed by atoms with Gasteiger partial charge in [-0.15, -0.1) is 0 Å². The summed E-state index contributed by atoms with van der Waals surface area (Å²) in [6.45, 7) is 17.1. The van der Waals surface area contributed by atoms with Gasteiger partial charge in [0.1, 0.15) is 11.5 Å². The fourth-order valence-corrected chi connectivity index (χ4v) is 7.19. The highest BCUT2D eigenvalue weighted by atomic mass is 16.5. The van der Waals surface area contributed by atoms with E-state index in [2.05, 4.69) is 56.9 Å². The van der Waals surface area contributed by atoms with E-state index < -0.39 is 0 Å². The number of carbonyl (C=O) groups is 2. The highest BCUT2D eigenvalue weighted by molar-refractivity contribution is 5.93. The van der Waals surface area contributed by atoms with Crippen LogP contribution in [0.5, 0.6) is 11.5 Å². The highest BCUT2D eigenvalue weighted by Crippen LogP contribution is 2.37. The smallest absolute Gasteiger partial charge is 0.253 e. The number of carbonyl (C=O) groups excluding carboxylic acids is 2. The summed E-state index contributed by atoms with van der Waals surface area (Å²) in [6.07, 6.45) is 4.61. The second-order valence-electron chi connectivity index (χ2n) is 14.5. The number of rotatable bonds is 7. The Kier molecular flexibility index (Phi) is 9.92. The molecule has 3 heterocycles. The molecule has 3 aromatic rings. The van der Waals surface area contributed by atoms with Gasteiger partial charge in [-0.1, -0.05) is 45.0 Å². The Hall–Kier alpha value is -4.37. The third-order valence-corrected chi connectivity index (χ3v) is 9.86. The normalized spacial score (nSPS) is 17.5. The van der Waals surface area contributed by atoms with Crippen LogP contribution in [0.4, 0.5) is 0 Å². The SMILES string of the molecule is COc1cc(-c2cn(C)c(=O)c(C)c2C)cc(O)c1CN1CCN(Cc2cccc3c2CCN(C(=O)/C(C)=C/C(C)(C)C)C3C)CC1=O. The highest BCUT2D eigenvalue weighted by Gasteiger charge is 2.31. The molecule has 0 saturated carbocycles. The van der Waals surface area contributed by atoms with Gasteiger partial charge in [0.2, 0.25) is 11.8 Å². The van der Waals surface area contributed by atoms with Crippen LogP contribution >= 0.6 is 0 Å². The number of aromatic nitrogens is 1. The Bertz CT molecular complexity index is 1830. The average Bonchev–Trinajstić information content (AvgIpc) is 3.03. The first-order valence-corrected chi connectivity index (χ1v) is 16.8. The van der Waals surface area contributed by atoms with Crippen LogP contribution < -0.4 is 10.3 Å². The maximum atomic E-state index is 13.5. The van der Waals surface area contributed by atoms with Crippen molar-refractivity contribution < 1.29 is 19.4 Å². The first kappa shape index (κ1) is 35.0. The van der Waals surface area contributed by atoms with E-state index >= 15 is 0 Å². The molecule has 9 heteroatoms. The summed E-state index contributed by atoms with van der Waals surface area (Å²) in [5.41, 5.74) is 7.96. The molecule has 2 aliphatic rings. The topological polar surface area (TPSA) is 95.3 Å². The van der Waals surface area contributed by atoms with E-state index in [-0.39, 0.29) is 47.7 Å². The molecule has 0 spiro atoms. The minimum atomic E-state index is -0.0631. The molecular formula is C39H50N4O5. The maximum absolute atomic E-state index is 13.5. The number of fused-ring (bicyclic) bond motifs is 1. The van der Waals surface area contributed by atoms with Gasteiger partial charge in [-0.3, -0.25) is 19.3 Å². The Morgan fingerprint density at radius 2 is 1.79 bits per heavy atom. The van der Waals surface area contributed by atoms with Crippen LogP contribution in [-0.2, 0) is 36.1 Å². The van der Waals surface area contributed by atoms with Crippen LogP contribution in [0.2, 0.25) is 0 Å². The third kappa shape index (κ3) is 7.06. The number of phenolic OH excluding ortho intramolecular Hbond substituents is 1. The standard InChI is InChI=1S/C39H50N4O5/c1-24(19-39(5,6)7)37(46)43-14-13-31-28(11-10-12-30(31)27(43)4)20-41-15-16-42(36(45)23-41)22-33-34(44)17-29(18-35(33)48-9)32-21-40(8)38(47)26(3)25(32)2/h10-12,17-19,21,27,44H,13-16,20,22-23H2,1-9H3/b24-19+. The Balaban J connectivity index is 1.28. The number of aryl methyl sites for hydroxylation is 1. The quantitative estimate of drug-likeness (QED) is 0.330. The summed E-state index contributed by atoms with van der Waals surface area (Å²) >= 11 is 0. The first-order chi connectivity index (χ1) is 22.6. The van der Waals surface area contributed by atoms with Crippen molar-refractivity contribution in [1.82, 2.24) is 19.3 Å². The van der Waals surface area contributed by atoms with E-state index in [1.807, 2.05) is 24.8 Å². The molecule has 0 radical (unpaired) electrons. The van der Waals surface area contributed by atoms with Crippen LogP contribution in [0, 0.1) is 19.3 Å². The molecule has 5 rings (SSSR count). The summed E-state index contributed by atoms with van der Waals surface area (Å²) < 4.78 is 7.25. The van der Waals surface area contributed by atoms with E-state index in [1.54, 1.807) is 42.8 Å². The summed E-state index contributed by atoms with van der Waals surface area (Å²) in [5, 5.41) is 11.2. The van der Waals surface area contributed by atoms with Crippen LogP contribution in [0.3, 0.4) is 0 Å². The zero-order chi connectivity index (χ0) is 35.1. The molecule has 2 aromatic carbocycles. The molecule has 48 heavy (non-hydrogen) atoms. The van der Waals surface area contributed by atoms with Crippen LogP contribution in [0.25, 0.3) is 11.1 Å². The molecule has 1 saturated heterocycles. The minimum Gasteiger partial charge on any atom is -0.507 e. The molecule has 1 fully saturated rings. The lowest BCUT2D eigenvalue weighted by Crippen LogP contribution is -2.49. The molecule has 256 valence electrons. The van der Waals surface area contributed by atoms with Crippen molar-refractivity contribution in [3.63, 3.8) is 0 Å². The van der Waals surface area contributed by atoms with Crippen LogP contribution in [0.1, 0.15) is 74.0 Å². The van der Waals surface area contributed by atoms with Gasteiger partial charge in [0.25, 0.3) is 5.56 Å². The number of piperazine rings is 1. The average molecular weight is 655 g/mol. The van der Waals surface area contributed by atoms with Crippen molar-refractivity contribution in [1.29, 1.82) is 0 Å². The largest absolute Gasteiger partial charge is 0.507 e. The second-order valence-corrected chi connectivity index (χ2v) is 14.5. The molecule has 1 unspecified atom stereocenters. The number of aromatic hydroxyl groups is 1. The Morgan fingerprint density at radius 1 is 1.06 bits per heavy atom. The molecule has 2 aliphatic heterocycles. The fraction of sp³-hybridized carbons (Fsp3) is 0.462. The van der Waals surface area contributed by atoms with Crippen LogP contribution in [0.15, 0.2) is 53.0 Å². The second kappa shape index (κ2) is 13.6. The van der Waals surface area contributed by atoms with Gasteiger partial charge in [0, 0.05) is 56.1 Å². The first-order valence-electron chi connectivity index (χ1n) is 16.8. The third-order valence-electron chi connectivity index (χ3n) is 9.86. The molecule has 1 N–H and O–H groups in total. The number of hydrogen-bond acceptors (Lipinski definition) is 6. The van der Waals surface area contributed by atoms with Crippen molar-refractivity contribution in [3.8, 4) is 22.6 Å². The van der Waals surface area contributed by atoms with E-state index in [9.17, 15) is 19.5 Å². The molecule has 1 atom stereocenters. The van der Waals surface area contributed by atoms with E-state index in [0.717, 1.165) is 28.7 Å². The number of ether oxygens (including phenoxy) is 1. The van der Waals surface area contributed by atoms with Crippen molar-refractivity contribution in [2.24, 2.45) is 12.5 Å². The van der Waals surface area contributed by atoms with Crippen LogP contribution in [-0.4, -0.2) is 69.5 Å². The van der Waals surface area contributed by atoms with Gasteiger partial charge in [0.15, 0.2) is 0 Å². The van der Waals surface area contributed by atoms with Crippen molar-refractivity contribution in [3.05, 3.63) is 91.9 Å². The lowest BCUT2D eigenvalue weighted by atomic mass is 9.88. The number of pyridine rings is 1. The van der Waals surface area contributed by atoms with Gasteiger partial charge in [-0.2, -0.15) is 0 Å². The van der Waals surface area contributed by atoms with Gasteiger partial charge < -0.3 is 24.2 Å². The predicted molar refractivity (Wildman–Crippen MR) is 189 cm³/mol. The molecule has 2 amide bonds. The number of phenols is 1. The monoisotopic (exact) mass is 654 g/mol. The number of methoxy groups -OCH3 is 1. The summed E-state index contributed by atoms with van der Waals surface area (Å²) in [6, 6.07) is 9.84. The summed E-state index contributed by atoms with van der Waals surface area (Å²) in [7, 11) is 3.27. The Morgan fingerprint density at radius 3 is 2.46 bits per heavy atom. The predicted octanol–water partition coefficient (Wildman–Crippen LogP) is 5.67. The molecule has 0 aliphatic carbocycles. The van der Waals surface area contributed by atoms with Crippen molar-refractivity contribution in [2.45, 2.75) is 74.0 Å². The summed E-state index contributed by atoms with van der Waals surface area (Å²) in [4.78, 5) is 45.1. The fourth-order valence-electron chi connectivity index (χ4n) is 7.19. The van der Waals surface area contributed by atoms with Gasteiger partial charge >= 0.3 is 0 Å². The molecule has 9 nitrogen and oxygen atoms in total. The van der Waals surface area contributed by atoms with Gasteiger partial charge in [-0.05, 0) is 79.5 Å². The maximum Gasteiger partial charge on any atom is 0.253 e. The van der Waals surface area contributed by atoms with E-state index in [1.165, 1.54) is 16.7 Å².